The van der Waals surface area contributed by atoms with Gasteiger partial charge in [0.2, 0.25) is 5.91 Å². The third kappa shape index (κ3) is 3.50. The molecule has 1 aliphatic carbocycles. The number of nitrogens with one attached hydrogen (secondary N) is 1. The molecular weight excluding hydrogens is 258 g/mol. The molecule has 1 fully saturated rings. The van der Waals surface area contributed by atoms with E-state index >= 15 is 0 Å². The number of halogens is 1. The summed E-state index contributed by atoms with van der Waals surface area (Å²) in [5, 5.41) is 3.38. The van der Waals surface area contributed by atoms with Crippen molar-refractivity contribution in [3.05, 3.63) is 35.9 Å². The van der Waals surface area contributed by atoms with Crippen LogP contribution >= 0.6 is 11.6 Å². The zero-order valence-electron chi connectivity index (χ0n) is 11.7. The molecule has 1 aliphatic rings. The fourth-order valence-electron chi connectivity index (χ4n) is 2.64. The van der Waals surface area contributed by atoms with E-state index < -0.39 is 5.41 Å². The molecule has 19 heavy (non-hydrogen) atoms. The highest BCUT2D eigenvalue weighted by atomic mass is 35.5. The van der Waals surface area contributed by atoms with Gasteiger partial charge in [0, 0.05) is 11.9 Å². The number of carbonyl (C=O) groups is 1. The summed E-state index contributed by atoms with van der Waals surface area (Å²) in [6, 6.07) is 9.92. The predicted octanol–water partition coefficient (Wildman–Crippen LogP) is 3.49. The average molecular weight is 280 g/mol. The molecule has 0 bridgehead atoms. The molecule has 2 atom stereocenters. The fourth-order valence-corrected chi connectivity index (χ4v) is 3.02. The molecule has 0 aromatic heterocycles. The van der Waals surface area contributed by atoms with Crippen molar-refractivity contribution in [1.82, 2.24) is 5.32 Å². The van der Waals surface area contributed by atoms with Crippen LogP contribution in [0.2, 0.25) is 0 Å². The molecule has 1 N–H and O–H groups in total. The molecule has 0 spiro atoms. The number of hydrogen-bond donors (Lipinski definition) is 1. The van der Waals surface area contributed by atoms with Crippen LogP contribution in [-0.4, -0.2) is 17.8 Å². The Balaban J connectivity index is 1.92. The van der Waals surface area contributed by atoms with Gasteiger partial charge >= 0.3 is 0 Å². The average Bonchev–Trinajstić information content (AvgIpc) is 2.82. The number of amides is 1. The summed E-state index contributed by atoms with van der Waals surface area (Å²) in [7, 11) is 0. The van der Waals surface area contributed by atoms with E-state index in [1.165, 1.54) is 0 Å². The number of alkyl halides is 1. The Morgan fingerprint density at radius 2 is 2.00 bits per heavy atom. The van der Waals surface area contributed by atoms with Gasteiger partial charge in [-0.1, -0.05) is 30.3 Å². The molecule has 0 saturated heterocycles. The Hall–Kier alpha value is -1.02. The van der Waals surface area contributed by atoms with Gasteiger partial charge in [-0.2, -0.15) is 0 Å². The van der Waals surface area contributed by atoms with Crippen LogP contribution in [-0.2, 0) is 10.2 Å². The Bertz CT molecular complexity index is 430. The van der Waals surface area contributed by atoms with Crippen LogP contribution < -0.4 is 5.32 Å². The van der Waals surface area contributed by atoms with Gasteiger partial charge in [0.1, 0.15) is 0 Å². The molecule has 1 amide bonds. The Morgan fingerprint density at radius 1 is 1.32 bits per heavy atom. The minimum atomic E-state index is -0.486. The summed E-state index contributed by atoms with van der Waals surface area (Å²) in [6.45, 7) is 4.69. The molecule has 0 aliphatic heterocycles. The maximum atomic E-state index is 12.4. The van der Waals surface area contributed by atoms with E-state index in [4.69, 9.17) is 11.6 Å². The van der Waals surface area contributed by atoms with Crippen molar-refractivity contribution in [2.45, 2.75) is 43.9 Å². The molecule has 0 radical (unpaired) electrons. The minimum Gasteiger partial charge on any atom is -0.355 e. The smallest absolute Gasteiger partial charge is 0.230 e. The van der Waals surface area contributed by atoms with E-state index in [-0.39, 0.29) is 5.91 Å². The molecule has 2 rings (SSSR count). The van der Waals surface area contributed by atoms with E-state index in [2.05, 4.69) is 5.32 Å². The zero-order valence-corrected chi connectivity index (χ0v) is 12.4. The Labute approximate surface area is 120 Å². The van der Waals surface area contributed by atoms with E-state index in [1.54, 1.807) is 0 Å². The van der Waals surface area contributed by atoms with Crippen LogP contribution in [0.4, 0.5) is 0 Å². The van der Waals surface area contributed by atoms with Crippen molar-refractivity contribution >= 4 is 17.5 Å². The first-order valence-electron chi connectivity index (χ1n) is 6.98. The lowest BCUT2D eigenvalue weighted by Gasteiger charge is -2.25. The van der Waals surface area contributed by atoms with Crippen molar-refractivity contribution in [2.75, 3.05) is 6.54 Å². The van der Waals surface area contributed by atoms with E-state index in [0.717, 1.165) is 31.4 Å². The summed E-state index contributed by atoms with van der Waals surface area (Å²) in [5.74, 6) is 0.634. The molecule has 1 aromatic carbocycles. The second-order valence-corrected chi connectivity index (χ2v) is 6.59. The van der Waals surface area contributed by atoms with Crippen LogP contribution in [0.3, 0.4) is 0 Å². The summed E-state index contributed by atoms with van der Waals surface area (Å²) in [6.07, 6.45) is 3.22. The Morgan fingerprint density at radius 3 is 2.58 bits per heavy atom. The first kappa shape index (κ1) is 14.4. The van der Waals surface area contributed by atoms with Gasteiger partial charge in [0.25, 0.3) is 0 Å². The van der Waals surface area contributed by atoms with Crippen molar-refractivity contribution in [1.29, 1.82) is 0 Å². The van der Waals surface area contributed by atoms with Crippen LogP contribution in [0, 0.1) is 5.92 Å². The number of carbonyl (C=O) groups excluding carboxylic acids is 1. The molecule has 0 heterocycles. The van der Waals surface area contributed by atoms with Crippen molar-refractivity contribution in [3.63, 3.8) is 0 Å². The summed E-state index contributed by atoms with van der Waals surface area (Å²) < 4.78 is 0. The topological polar surface area (TPSA) is 29.1 Å². The van der Waals surface area contributed by atoms with Gasteiger partial charge in [-0.15, -0.1) is 11.6 Å². The standard InChI is InChI=1S/C16H22ClNO/c1-16(2,13-6-4-3-5-7-13)15(19)18-11-12-8-9-14(17)10-12/h3-7,12,14H,8-11H2,1-2H3,(H,18,19). The summed E-state index contributed by atoms with van der Waals surface area (Å²) in [4.78, 5) is 12.4. The largest absolute Gasteiger partial charge is 0.355 e. The lowest BCUT2D eigenvalue weighted by molar-refractivity contribution is -0.125. The Kier molecular flexibility index (Phi) is 4.51. The van der Waals surface area contributed by atoms with Gasteiger partial charge in [0.05, 0.1) is 5.41 Å². The maximum Gasteiger partial charge on any atom is 0.230 e. The molecule has 2 unspecified atom stereocenters. The molecular formula is C16H22ClNO. The highest BCUT2D eigenvalue weighted by Gasteiger charge is 2.30. The van der Waals surface area contributed by atoms with Gasteiger partial charge < -0.3 is 5.32 Å². The summed E-state index contributed by atoms with van der Waals surface area (Å²) >= 11 is 6.10. The quantitative estimate of drug-likeness (QED) is 0.840. The van der Waals surface area contributed by atoms with Crippen LogP contribution in [0.5, 0.6) is 0 Å². The molecule has 2 nitrogen and oxygen atoms in total. The van der Waals surface area contributed by atoms with Gasteiger partial charge in [-0.05, 0) is 44.6 Å². The lowest BCUT2D eigenvalue weighted by Crippen LogP contribution is -2.41. The molecule has 3 heteroatoms. The van der Waals surface area contributed by atoms with Crippen molar-refractivity contribution < 1.29 is 4.79 Å². The normalized spacial score (nSPS) is 23.3. The van der Waals surface area contributed by atoms with Crippen molar-refractivity contribution in [2.24, 2.45) is 5.92 Å². The predicted molar refractivity (Wildman–Crippen MR) is 79.5 cm³/mol. The maximum absolute atomic E-state index is 12.4. The highest BCUT2D eigenvalue weighted by Crippen LogP contribution is 2.29. The second kappa shape index (κ2) is 5.96. The third-order valence-corrected chi connectivity index (χ3v) is 4.49. The minimum absolute atomic E-state index is 0.0942. The first-order chi connectivity index (χ1) is 9.00. The van der Waals surface area contributed by atoms with Gasteiger partial charge in [-0.3, -0.25) is 4.79 Å². The second-order valence-electron chi connectivity index (χ2n) is 5.98. The monoisotopic (exact) mass is 279 g/mol. The zero-order chi connectivity index (χ0) is 13.9. The number of rotatable bonds is 4. The van der Waals surface area contributed by atoms with Crippen LogP contribution in [0.1, 0.15) is 38.7 Å². The van der Waals surface area contributed by atoms with E-state index in [1.807, 2.05) is 44.2 Å². The molecule has 1 aromatic rings. The lowest BCUT2D eigenvalue weighted by atomic mass is 9.83. The van der Waals surface area contributed by atoms with Crippen molar-refractivity contribution in [3.8, 4) is 0 Å². The summed E-state index contributed by atoms with van der Waals surface area (Å²) in [5.41, 5.74) is 0.564. The van der Waals surface area contributed by atoms with E-state index in [0.29, 0.717) is 11.3 Å². The fraction of sp³-hybridized carbons (Fsp3) is 0.562. The first-order valence-corrected chi connectivity index (χ1v) is 7.41. The highest BCUT2D eigenvalue weighted by molar-refractivity contribution is 6.20. The number of hydrogen-bond acceptors (Lipinski definition) is 1. The SMILES string of the molecule is CC(C)(C(=O)NCC1CCC(Cl)C1)c1ccccc1. The van der Waals surface area contributed by atoms with Crippen LogP contribution in [0.25, 0.3) is 0 Å². The number of benzene rings is 1. The third-order valence-electron chi connectivity index (χ3n) is 4.09. The van der Waals surface area contributed by atoms with Gasteiger partial charge in [-0.25, -0.2) is 0 Å². The van der Waals surface area contributed by atoms with E-state index in [9.17, 15) is 4.79 Å². The molecule has 104 valence electrons. The molecule has 1 saturated carbocycles. The van der Waals surface area contributed by atoms with Crippen LogP contribution in [0.15, 0.2) is 30.3 Å². The van der Waals surface area contributed by atoms with Gasteiger partial charge in [0.15, 0.2) is 0 Å².